The van der Waals surface area contributed by atoms with Gasteiger partial charge in [0, 0.05) is 22.4 Å². The van der Waals surface area contributed by atoms with E-state index in [1.807, 2.05) is 54.6 Å². The zero-order chi connectivity index (χ0) is 16.4. The molecule has 0 N–H and O–H groups in total. The number of nitrogens with zero attached hydrogens (tertiary/aromatic N) is 2. The van der Waals surface area contributed by atoms with Crippen molar-refractivity contribution in [2.45, 2.75) is 0 Å². The van der Waals surface area contributed by atoms with Crippen molar-refractivity contribution in [3.05, 3.63) is 84.7 Å². The lowest BCUT2D eigenvalue weighted by molar-refractivity contribution is 0.457. The van der Waals surface area contributed by atoms with E-state index in [1.54, 1.807) is 12.1 Å². The third kappa shape index (κ3) is 2.70. The van der Waals surface area contributed by atoms with Gasteiger partial charge in [-0.2, -0.15) is 0 Å². The molecule has 3 aromatic carbocycles. The van der Waals surface area contributed by atoms with Crippen LogP contribution in [0.4, 0.5) is 4.39 Å². The minimum Gasteiger partial charge on any atom is -0.437 e. The number of hydrogen-bond acceptors (Lipinski definition) is 3. The zero-order valence-electron chi connectivity index (χ0n) is 12.7. The van der Waals surface area contributed by atoms with Gasteiger partial charge in [0.25, 0.3) is 0 Å². The van der Waals surface area contributed by atoms with Crippen LogP contribution < -0.4 is 4.74 Å². The first kappa shape index (κ1) is 14.3. The molecule has 24 heavy (non-hydrogen) atoms. The van der Waals surface area contributed by atoms with Crippen LogP contribution >= 0.6 is 0 Å². The van der Waals surface area contributed by atoms with E-state index in [9.17, 15) is 4.39 Å². The highest BCUT2D eigenvalue weighted by Gasteiger charge is 2.12. The summed E-state index contributed by atoms with van der Waals surface area (Å²) in [5.41, 5.74) is 1.77. The van der Waals surface area contributed by atoms with Crippen LogP contribution in [0.25, 0.3) is 22.0 Å². The van der Waals surface area contributed by atoms with E-state index >= 15 is 0 Å². The molecule has 4 aromatic rings. The van der Waals surface area contributed by atoms with E-state index in [-0.39, 0.29) is 5.82 Å². The first-order valence-electron chi connectivity index (χ1n) is 7.55. The molecule has 0 amide bonds. The molecule has 4 heteroatoms. The topological polar surface area (TPSA) is 35.0 Å². The molecule has 0 unspecified atom stereocenters. The Kier molecular flexibility index (Phi) is 3.63. The van der Waals surface area contributed by atoms with Crippen LogP contribution in [0.15, 0.2) is 78.9 Å². The summed E-state index contributed by atoms with van der Waals surface area (Å²) < 4.78 is 19.1. The lowest BCUT2D eigenvalue weighted by Gasteiger charge is -2.10. The molecule has 0 radical (unpaired) electrons. The van der Waals surface area contributed by atoms with Gasteiger partial charge in [0.15, 0.2) is 0 Å². The number of ether oxygens (including phenoxy) is 1. The number of halogens is 1. The Bertz CT molecular complexity index is 1000. The number of benzene rings is 3. The molecule has 0 saturated carbocycles. The summed E-state index contributed by atoms with van der Waals surface area (Å²) in [7, 11) is 0. The largest absolute Gasteiger partial charge is 0.437 e. The second kappa shape index (κ2) is 6.08. The first-order valence-corrected chi connectivity index (χ1v) is 7.55. The van der Waals surface area contributed by atoms with E-state index in [2.05, 4.69) is 10.2 Å². The van der Waals surface area contributed by atoms with Crippen molar-refractivity contribution in [1.29, 1.82) is 0 Å². The van der Waals surface area contributed by atoms with Gasteiger partial charge in [0.1, 0.15) is 17.3 Å². The van der Waals surface area contributed by atoms with Crippen LogP contribution in [0.2, 0.25) is 0 Å². The standard InChI is InChI=1S/C20H13FN2O/c21-15-9-6-10-16(13-15)24-20-18-12-5-4-11-17(18)19(22-23-20)14-7-2-1-3-8-14/h1-13H. The highest BCUT2D eigenvalue weighted by Crippen LogP contribution is 2.32. The molecule has 0 bridgehead atoms. The maximum Gasteiger partial charge on any atom is 0.246 e. The van der Waals surface area contributed by atoms with Gasteiger partial charge < -0.3 is 4.74 Å². The van der Waals surface area contributed by atoms with Crippen LogP contribution in [0.3, 0.4) is 0 Å². The van der Waals surface area contributed by atoms with Gasteiger partial charge in [-0.25, -0.2) is 4.39 Å². The fourth-order valence-corrected chi connectivity index (χ4v) is 2.61. The zero-order valence-corrected chi connectivity index (χ0v) is 12.7. The van der Waals surface area contributed by atoms with Gasteiger partial charge in [-0.15, -0.1) is 10.2 Å². The molecule has 1 aromatic heterocycles. The molecule has 0 aliphatic rings. The average molecular weight is 316 g/mol. The SMILES string of the molecule is Fc1cccc(Oc2nnc(-c3ccccc3)c3ccccc23)c1. The lowest BCUT2D eigenvalue weighted by atomic mass is 10.1. The molecule has 0 aliphatic carbocycles. The van der Waals surface area contributed by atoms with Crippen molar-refractivity contribution in [2.24, 2.45) is 0 Å². The fraction of sp³-hybridized carbons (Fsp3) is 0. The predicted octanol–water partition coefficient (Wildman–Crippen LogP) is 5.23. The van der Waals surface area contributed by atoms with Gasteiger partial charge in [-0.3, -0.25) is 0 Å². The van der Waals surface area contributed by atoms with Gasteiger partial charge in [0.2, 0.25) is 5.88 Å². The van der Waals surface area contributed by atoms with Crippen molar-refractivity contribution in [3.63, 3.8) is 0 Å². The Morgan fingerprint density at radius 3 is 2.25 bits per heavy atom. The van der Waals surface area contributed by atoms with E-state index in [1.165, 1.54) is 12.1 Å². The van der Waals surface area contributed by atoms with E-state index in [0.29, 0.717) is 11.6 Å². The van der Waals surface area contributed by atoms with Crippen LogP contribution in [-0.2, 0) is 0 Å². The summed E-state index contributed by atoms with van der Waals surface area (Å²) in [6.07, 6.45) is 0. The summed E-state index contributed by atoms with van der Waals surface area (Å²) in [4.78, 5) is 0. The van der Waals surface area contributed by atoms with Crippen molar-refractivity contribution in [3.8, 4) is 22.9 Å². The Morgan fingerprint density at radius 2 is 1.46 bits per heavy atom. The molecule has 0 atom stereocenters. The minimum absolute atomic E-state index is 0.356. The third-order valence-electron chi connectivity index (χ3n) is 3.71. The van der Waals surface area contributed by atoms with Crippen LogP contribution in [0, 0.1) is 5.82 Å². The molecule has 0 saturated heterocycles. The summed E-state index contributed by atoms with van der Waals surface area (Å²) >= 11 is 0. The summed E-state index contributed by atoms with van der Waals surface area (Å²) in [6, 6.07) is 23.6. The monoisotopic (exact) mass is 316 g/mol. The molecular weight excluding hydrogens is 303 g/mol. The first-order chi connectivity index (χ1) is 11.8. The van der Waals surface area contributed by atoms with Gasteiger partial charge in [-0.1, -0.05) is 54.6 Å². The summed E-state index contributed by atoms with van der Waals surface area (Å²) in [5, 5.41) is 10.3. The van der Waals surface area contributed by atoms with Crippen LogP contribution in [-0.4, -0.2) is 10.2 Å². The molecule has 3 nitrogen and oxygen atoms in total. The van der Waals surface area contributed by atoms with Gasteiger partial charge in [0.05, 0.1) is 0 Å². The van der Waals surface area contributed by atoms with Crippen LogP contribution in [0.1, 0.15) is 0 Å². The smallest absolute Gasteiger partial charge is 0.246 e. The highest BCUT2D eigenvalue weighted by molar-refractivity contribution is 5.96. The Morgan fingerprint density at radius 1 is 0.708 bits per heavy atom. The normalized spacial score (nSPS) is 10.7. The molecule has 4 rings (SSSR count). The van der Waals surface area contributed by atoms with Crippen molar-refractivity contribution in [1.82, 2.24) is 10.2 Å². The molecule has 0 aliphatic heterocycles. The van der Waals surface area contributed by atoms with E-state index in [0.717, 1.165) is 22.0 Å². The molecule has 0 fully saturated rings. The van der Waals surface area contributed by atoms with Crippen molar-refractivity contribution in [2.75, 3.05) is 0 Å². The number of hydrogen-bond donors (Lipinski definition) is 0. The molecule has 0 spiro atoms. The third-order valence-corrected chi connectivity index (χ3v) is 3.71. The fourth-order valence-electron chi connectivity index (χ4n) is 2.61. The summed E-state index contributed by atoms with van der Waals surface area (Å²) in [6.45, 7) is 0. The second-order valence-corrected chi connectivity index (χ2v) is 5.32. The number of fused-ring (bicyclic) bond motifs is 1. The van der Waals surface area contributed by atoms with Crippen LogP contribution in [0.5, 0.6) is 11.6 Å². The van der Waals surface area contributed by atoms with E-state index in [4.69, 9.17) is 4.74 Å². The second-order valence-electron chi connectivity index (χ2n) is 5.32. The molecular formula is C20H13FN2O. The van der Waals surface area contributed by atoms with Gasteiger partial charge in [-0.05, 0) is 18.2 Å². The predicted molar refractivity (Wildman–Crippen MR) is 91.4 cm³/mol. The number of aromatic nitrogens is 2. The minimum atomic E-state index is -0.356. The lowest BCUT2D eigenvalue weighted by Crippen LogP contribution is -1.96. The van der Waals surface area contributed by atoms with Crippen molar-refractivity contribution < 1.29 is 9.13 Å². The van der Waals surface area contributed by atoms with E-state index < -0.39 is 0 Å². The Labute approximate surface area is 138 Å². The summed E-state index contributed by atoms with van der Waals surface area (Å²) in [5.74, 6) is 0.392. The Balaban J connectivity index is 1.84. The van der Waals surface area contributed by atoms with Gasteiger partial charge >= 0.3 is 0 Å². The quantitative estimate of drug-likeness (QED) is 0.519. The maximum absolute atomic E-state index is 13.4. The average Bonchev–Trinajstić information content (AvgIpc) is 2.63. The number of rotatable bonds is 3. The highest BCUT2D eigenvalue weighted by atomic mass is 19.1. The Hall–Kier alpha value is -3.27. The van der Waals surface area contributed by atoms with Crippen molar-refractivity contribution >= 4 is 10.8 Å². The maximum atomic E-state index is 13.4. The molecule has 1 heterocycles. The molecule has 116 valence electrons.